The molecule has 0 saturated carbocycles. The molecule has 0 aromatic carbocycles. The average molecular weight is 1520 g/mol. The fraction of sp³-hybridized carbons (Fsp3) is 0.596. The second-order valence-corrected chi connectivity index (χ2v) is 29.5. The van der Waals surface area contributed by atoms with Crippen molar-refractivity contribution in [1.29, 1.82) is 0 Å². The first-order chi connectivity index (χ1) is 47.2. The van der Waals surface area contributed by atoms with Crippen molar-refractivity contribution in [3.05, 3.63) is 84.7 Å². The van der Waals surface area contributed by atoms with Crippen molar-refractivity contribution in [3.63, 3.8) is 0 Å². The molecule has 0 spiro atoms. The number of aliphatic hydroxyl groups is 3. The van der Waals surface area contributed by atoms with Crippen molar-refractivity contribution >= 4 is 85.2 Å². The van der Waals surface area contributed by atoms with E-state index >= 15 is 0 Å². The summed E-state index contributed by atoms with van der Waals surface area (Å²) in [6.07, 6.45) is -22.4. The SMILES string of the molecule is Cc1cn([C@H]2C[C@@H]3OP(=O)(O)OCC=NOCCCCCCOP(=O)(O)OC[C@H]4O[C@@H](n5cnc6c(N)ncnc65)[C@H](O)[C@@H]4OP(=O)(O)OC[C@H]4O[C@@H](n5ccc(N)nc5=O)[C@H](O)[C@@H]4OP(=O)(O)OC[C@H]4O[C@@H](n5cnc6c(=O)[nH]c(N)nc65)[C@H](O)[C@@H]4OP(=O)(O)OC[C@H]3O2)c(=O)[nH]c1=O. The standard InChI is InChI=1S/C47H65N16O32P5/c1-21-13-61(47(70)59-40(21)67)28-12-22-23(88-28)14-85-98(75,76)94-36-26(91-44(33(36)66)63-20-54-30-39(63)57-45(50)58-41(30)68)17-87-99(77,78)93-34-25(89-42(31(34)64)60-8-6-27(48)56-46(60)69)16-86-100(79,80)95-35-24(90-43(32(35)65)62-19-53-29-37(49)51-18-52-38(29)62)15-84-96(71,72)82-10-5-3-2-4-9-81-55-7-11-83-97(73,74)92-22/h6-8,13,18-20,22-26,28,31-36,42-44,64-66H,2-5,9-12,14-17H2,1H3,(H,71,72)(H,73,74)(H,75,76)(H,77,78)(H,79,80)(H2,48,56,69)(H2,49,51,52)(H,59,67,70)(H3,50,57,58,68)/t22-,23+,24+,25+,26+,28+,31+,32+,33+,34+,35+,36+,42+,43+,44+/m0/s1. The molecule has 5 unspecified atom stereocenters. The van der Waals surface area contributed by atoms with Gasteiger partial charge in [-0.25, -0.2) is 52.4 Å². The number of phosphoric ester groups is 5. The maximum absolute atomic E-state index is 14.3. The summed E-state index contributed by atoms with van der Waals surface area (Å²) in [5.74, 6) is -0.895. The molecule has 0 radical (unpaired) electrons. The number of aliphatic hydroxyl groups excluding tert-OH is 3. The number of rotatable bonds is 4. The minimum Gasteiger partial charge on any atom is -0.396 e. The van der Waals surface area contributed by atoms with Crippen molar-refractivity contribution < 1.29 is 132 Å². The minimum atomic E-state index is -5.86. The Bertz CT molecular complexity index is 4480. The first-order valence-electron chi connectivity index (χ1n) is 29.6. The van der Waals surface area contributed by atoms with Crippen LogP contribution in [0.3, 0.4) is 0 Å². The van der Waals surface area contributed by atoms with Crippen molar-refractivity contribution in [2.45, 2.75) is 131 Å². The van der Waals surface area contributed by atoms with Gasteiger partial charge in [0.15, 0.2) is 41.3 Å². The molecule has 20 atom stereocenters. The second-order valence-electron chi connectivity index (χ2n) is 22.5. The van der Waals surface area contributed by atoms with Gasteiger partial charge in [-0.05, 0) is 32.3 Å². The predicted molar refractivity (Wildman–Crippen MR) is 327 cm³/mol. The van der Waals surface area contributed by atoms with E-state index in [0.717, 1.165) is 57.4 Å². The first kappa shape index (κ1) is 74.8. The number of hydrogen-bond donors (Lipinski definition) is 13. The molecule has 0 amide bonds. The van der Waals surface area contributed by atoms with Gasteiger partial charge in [-0.15, -0.1) is 0 Å². The second kappa shape index (κ2) is 30.5. The Hall–Kier alpha value is -6.40. The van der Waals surface area contributed by atoms with Gasteiger partial charge in [0.1, 0.15) is 97.6 Å². The topological polar surface area (TPSA) is 673 Å². The zero-order valence-corrected chi connectivity index (χ0v) is 55.9. The monoisotopic (exact) mass is 1520 g/mol. The Morgan fingerprint density at radius 3 is 1.66 bits per heavy atom. The van der Waals surface area contributed by atoms with E-state index in [-0.39, 0.29) is 59.2 Å². The molecular formula is C47H65N16O32P5. The van der Waals surface area contributed by atoms with Crippen LogP contribution in [0.5, 0.6) is 0 Å². The summed E-state index contributed by atoms with van der Waals surface area (Å²) in [5, 5.41) is 39.2. The third-order valence-electron chi connectivity index (χ3n) is 15.6. The largest absolute Gasteiger partial charge is 0.472 e. The van der Waals surface area contributed by atoms with Gasteiger partial charge < -0.3 is 80.8 Å². The molecule has 48 nitrogen and oxygen atoms in total. The van der Waals surface area contributed by atoms with Crippen LogP contribution < -0.4 is 39.7 Å². The van der Waals surface area contributed by atoms with Crippen LogP contribution in [0.25, 0.3) is 22.3 Å². The normalized spacial score (nSPS) is 37.0. The van der Waals surface area contributed by atoms with E-state index in [9.17, 15) is 81.8 Å². The highest BCUT2D eigenvalue weighted by atomic mass is 31.2. The van der Waals surface area contributed by atoms with Gasteiger partial charge in [0.05, 0.1) is 58.5 Å². The van der Waals surface area contributed by atoms with Gasteiger partial charge in [0.25, 0.3) is 11.1 Å². The van der Waals surface area contributed by atoms with E-state index in [1.807, 2.05) is 0 Å². The van der Waals surface area contributed by atoms with Gasteiger partial charge in [-0.3, -0.25) is 83.1 Å². The van der Waals surface area contributed by atoms with Crippen molar-refractivity contribution in [2.75, 3.05) is 63.4 Å². The Morgan fingerprint density at radius 1 is 0.540 bits per heavy atom. The van der Waals surface area contributed by atoms with Crippen LogP contribution >= 0.6 is 39.1 Å². The van der Waals surface area contributed by atoms with Crippen LogP contribution in [0.2, 0.25) is 0 Å². The van der Waals surface area contributed by atoms with Crippen molar-refractivity contribution in [2.24, 2.45) is 5.16 Å². The van der Waals surface area contributed by atoms with E-state index in [0.29, 0.717) is 23.8 Å². The lowest BCUT2D eigenvalue weighted by atomic mass is 10.1. The Labute approximate surface area is 557 Å². The lowest BCUT2D eigenvalue weighted by Crippen LogP contribution is -2.39. The number of aryl methyl sites for hydroxylation is 1. The van der Waals surface area contributed by atoms with Crippen molar-refractivity contribution in [1.82, 2.24) is 58.1 Å². The van der Waals surface area contributed by atoms with Gasteiger partial charge in [0.2, 0.25) is 5.95 Å². The van der Waals surface area contributed by atoms with Crippen molar-refractivity contribution in [3.8, 4) is 0 Å². The molecule has 11 heterocycles. The number of fused-ring (bicyclic) bond motifs is 6. The molecule has 53 heteroatoms. The molecule has 4 saturated heterocycles. The molecule has 0 bridgehead atoms. The third-order valence-corrected chi connectivity index (χ3v) is 20.5. The number of aromatic nitrogens is 12. The zero-order chi connectivity index (χ0) is 71.8. The Kier molecular flexibility index (Phi) is 22.8. The fourth-order valence-electron chi connectivity index (χ4n) is 10.9. The van der Waals surface area contributed by atoms with E-state index in [2.05, 4.69) is 45.0 Å². The molecule has 5 aliphatic heterocycles. The highest BCUT2D eigenvalue weighted by Crippen LogP contribution is 2.55. The molecule has 5 aliphatic rings. The number of nitrogens with one attached hydrogen (secondary N) is 2. The maximum Gasteiger partial charge on any atom is 0.472 e. The van der Waals surface area contributed by atoms with Crippen LogP contribution in [-0.2, 0) is 91.8 Å². The lowest BCUT2D eigenvalue weighted by Gasteiger charge is -2.27. The number of H-pyrrole nitrogens is 2. The molecule has 4 fully saturated rings. The summed E-state index contributed by atoms with van der Waals surface area (Å²) < 4.78 is 150. The van der Waals surface area contributed by atoms with Gasteiger partial charge >= 0.3 is 50.5 Å². The van der Waals surface area contributed by atoms with E-state index in [1.54, 1.807) is 0 Å². The number of phosphoric acid groups is 5. The van der Waals surface area contributed by atoms with Gasteiger partial charge in [-0.1, -0.05) is 11.6 Å². The zero-order valence-electron chi connectivity index (χ0n) is 51.5. The average Bonchev–Trinajstić information content (AvgIpc) is 1.61. The smallest absolute Gasteiger partial charge is 0.396 e. The Balaban J connectivity index is 0.879. The van der Waals surface area contributed by atoms with Crippen LogP contribution in [-0.4, -0.2) is 218 Å². The summed E-state index contributed by atoms with van der Waals surface area (Å²) in [4.78, 5) is 140. The van der Waals surface area contributed by atoms with Gasteiger partial charge in [-0.2, -0.15) is 9.97 Å². The number of hydrogen-bond acceptors (Lipinski definition) is 37. The molecule has 6 aromatic heterocycles. The van der Waals surface area contributed by atoms with Crippen LogP contribution in [0.15, 0.2) is 61.8 Å². The highest BCUT2D eigenvalue weighted by Gasteiger charge is 2.55. The summed E-state index contributed by atoms with van der Waals surface area (Å²) in [7, 11) is -27.5. The third kappa shape index (κ3) is 17.4. The van der Waals surface area contributed by atoms with Crippen LogP contribution in [0.4, 0.5) is 17.6 Å². The maximum atomic E-state index is 14.3. The number of nitrogens with two attached hydrogens (primary N) is 3. The highest BCUT2D eigenvalue weighted by molar-refractivity contribution is 7.48. The Morgan fingerprint density at radius 2 is 1.07 bits per heavy atom. The molecular weight excluding hydrogens is 1460 g/mol. The molecule has 100 heavy (non-hydrogen) atoms. The quantitative estimate of drug-likeness (QED) is 0.0819. The van der Waals surface area contributed by atoms with Crippen LogP contribution in [0.1, 0.15) is 62.6 Å². The lowest BCUT2D eigenvalue weighted by molar-refractivity contribution is -0.0640. The molecule has 0 aliphatic carbocycles. The number of anilines is 3. The summed E-state index contributed by atoms with van der Waals surface area (Å²) in [6.45, 7) is -4.52. The number of imidazole rings is 2. The predicted octanol–water partition coefficient (Wildman–Crippen LogP) is -2.40. The first-order valence-corrected chi connectivity index (χ1v) is 37.1. The molecule has 550 valence electrons. The van der Waals surface area contributed by atoms with E-state index < -0.39 is 199 Å². The number of nitrogens with zero attached hydrogens (tertiary/aromatic N) is 11. The summed E-state index contributed by atoms with van der Waals surface area (Å²) in [5.41, 5.74) is 12.8. The molecule has 16 N–H and O–H groups in total. The summed E-state index contributed by atoms with van der Waals surface area (Å²) >= 11 is 0. The summed E-state index contributed by atoms with van der Waals surface area (Å²) in [6, 6.07) is 1.08. The van der Waals surface area contributed by atoms with E-state index in [4.69, 9.17) is 86.2 Å². The minimum absolute atomic E-state index is 0.00336. The van der Waals surface area contributed by atoms with E-state index in [1.165, 1.54) is 6.92 Å². The number of nitrogen functional groups attached to an aromatic ring is 3. The molecule has 6 aromatic rings. The number of ether oxygens (including phenoxy) is 4. The fourth-order valence-corrected chi connectivity index (χ4v) is 15.4. The number of aromatic amines is 2. The van der Waals surface area contributed by atoms with Crippen LogP contribution in [0, 0.1) is 6.92 Å². The molecule has 11 rings (SSSR count). The number of oxime groups is 1. The van der Waals surface area contributed by atoms with Gasteiger partial charge in [0, 0.05) is 24.4 Å².